The van der Waals surface area contributed by atoms with Crippen molar-refractivity contribution >= 4 is 5.91 Å². The topological polar surface area (TPSA) is 69.6 Å². The van der Waals surface area contributed by atoms with Gasteiger partial charge in [-0.1, -0.05) is 316 Å². The van der Waals surface area contributed by atoms with Crippen molar-refractivity contribution in [1.29, 1.82) is 0 Å². The molecule has 2 atom stereocenters. The summed E-state index contributed by atoms with van der Waals surface area (Å²) >= 11 is 0. The van der Waals surface area contributed by atoms with Crippen LogP contribution in [0, 0.1) is 0 Å². The zero-order valence-corrected chi connectivity index (χ0v) is 41.5. The van der Waals surface area contributed by atoms with Gasteiger partial charge in [-0.05, 0) is 12.8 Å². The SMILES string of the molecule is CCCCCCCCCCCCCCCCCCCCCCCCCCCCCCCCCCCC(=O)NC(CO)C(O)CCCCCCCCCCCCCCCCC. The standard InChI is InChI=1S/C56H113NO3/c1-3-5-7-9-11-13-15-17-19-20-21-22-23-24-25-26-27-28-29-30-31-32-33-34-35-36-38-40-42-44-46-48-50-52-56(60)57-54(53-58)55(59)51-49-47-45-43-41-39-37-18-16-14-12-10-8-6-4-2/h54-55,58-59H,3-53H2,1-2H3,(H,57,60). The second kappa shape index (κ2) is 52.7. The number of rotatable bonds is 53. The Bertz CT molecular complexity index is 788. The summed E-state index contributed by atoms with van der Waals surface area (Å²) in [4.78, 5) is 12.5. The summed E-state index contributed by atoms with van der Waals surface area (Å²) in [5, 5.41) is 23.3. The highest BCUT2D eigenvalue weighted by atomic mass is 16.3. The molecule has 0 spiro atoms. The number of unbranched alkanes of at least 4 members (excludes halogenated alkanes) is 46. The first-order valence-corrected chi connectivity index (χ1v) is 28.2. The average molecular weight is 849 g/mol. The molecule has 0 aromatic rings. The molecule has 360 valence electrons. The third kappa shape index (κ3) is 48.4. The molecule has 2 unspecified atom stereocenters. The van der Waals surface area contributed by atoms with E-state index in [-0.39, 0.29) is 12.5 Å². The molecule has 0 rings (SSSR count). The molecule has 0 aliphatic carbocycles. The van der Waals surface area contributed by atoms with Crippen LogP contribution in [0.4, 0.5) is 0 Å². The van der Waals surface area contributed by atoms with Crippen molar-refractivity contribution in [2.45, 2.75) is 347 Å². The molecule has 1 amide bonds. The minimum atomic E-state index is -0.654. The summed E-state index contributed by atoms with van der Waals surface area (Å²) in [6.07, 6.45) is 66.7. The Kier molecular flexibility index (Phi) is 52.2. The first-order chi connectivity index (χ1) is 29.7. The maximum atomic E-state index is 12.5. The highest BCUT2D eigenvalue weighted by Gasteiger charge is 2.20. The fourth-order valence-corrected chi connectivity index (χ4v) is 9.31. The van der Waals surface area contributed by atoms with Crippen LogP contribution in [0.15, 0.2) is 0 Å². The predicted octanol–water partition coefficient (Wildman–Crippen LogP) is 18.4. The van der Waals surface area contributed by atoms with Crippen LogP contribution in [0.3, 0.4) is 0 Å². The van der Waals surface area contributed by atoms with Crippen LogP contribution >= 0.6 is 0 Å². The van der Waals surface area contributed by atoms with E-state index in [9.17, 15) is 15.0 Å². The van der Waals surface area contributed by atoms with Gasteiger partial charge in [0.1, 0.15) is 0 Å². The van der Waals surface area contributed by atoms with Gasteiger partial charge < -0.3 is 15.5 Å². The van der Waals surface area contributed by atoms with Crippen molar-refractivity contribution in [3.05, 3.63) is 0 Å². The van der Waals surface area contributed by atoms with Crippen molar-refractivity contribution in [3.8, 4) is 0 Å². The number of aliphatic hydroxyl groups is 2. The first-order valence-electron chi connectivity index (χ1n) is 28.2. The van der Waals surface area contributed by atoms with Crippen LogP contribution in [0.1, 0.15) is 335 Å². The van der Waals surface area contributed by atoms with Gasteiger partial charge in [0.2, 0.25) is 5.91 Å². The lowest BCUT2D eigenvalue weighted by Crippen LogP contribution is -2.45. The number of carbonyl (C=O) groups excluding carboxylic acids is 1. The molecule has 0 aliphatic rings. The van der Waals surface area contributed by atoms with Gasteiger partial charge >= 0.3 is 0 Å². The van der Waals surface area contributed by atoms with Crippen molar-refractivity contribution in [2.75, 3.05) is 6.61 Å². The molecule has 0 aromatic heterocycles. The van der Waals surface area contributed by atoms with E-state index < -0.39 is 12.1 Å². The second-order valence-electron chi connectivity index (χ2n) is 19.7. The van der Waals surface area contributed by atoms with Crippen LogP contribution in [0.2, 0.25) is 0 Å². The number of hydrogen-bond acceptors (Lipinski definition) is 3. The Labute approximate surface area is 378 Å². The van der Waals surface area contributed by atoms with Gasteiger partial charge in [-0.25, -0.2) is 0 Å². The highest BCUT2D eigenvalue weighted by molar-refractivity contribution is 5.76. The lowest BCUT2D eigenvalue weighted by Gasteiger charge is -2.22. The molecule has 60 heavy (non-hydrogen) atoms. The first kappa shape index (κ1) is 59.4. The molecule has 0 bridgehead atoms. The normalized spacial score (nSPS) is 12.7. The molecule has 3 N–H and O–H groups in total. The zero-order chi connectivity index (χ0) is 43.5. The van der Waals surface area contributed by atoms with Gasteiger partial charge in [0.05, 0.1) is 18.8 Å². The molecule has 0 aromatic carbocycles. The quantitative estimate of drug-likeness (QED) is 0.0534. The highest BCUT2D eigenvalue weighted by Crippen LogP contribution is 2.18. The summed E-state index contributed by atoms with van der Waals surface area (Å²) in [7, 11) is 0. The van der Waals surface area contributed by atoms with E-state index in [2.05, 4.69) is 19.2 Å². The molecule has 4 heteroatoms. The minimum absolute atomic E-state index is 0.0228. The lowest BCUT2D eigenvalue weighted by molar-refractivity contribution is -0.123. The van der Waals surface area contributed by atoms with E-state index in [1.54, 1.807) is 0 Å². The molecule has 0 radical (unpaired) electrons. The van der Waals surface area contributed by atoms with Crippen LogP contribution in [-0.4, -0.2) is 34.9 Å². The van der Waals surface area contributed by atoms with Gasteiger partial charge in [0.15, 0.2) is 0 Å². The Morgan fingerprint density at radius 2 is 0.533 bits per heavy atom. The summed E-state index contributed by atoms with van der Waals surface area (Å²) in [5.41, 5.74) is 0. The third-order valence-electron chi connectivity index (χ3n) is 13.6. The summed E-state index contributed by atoms with van der Waals surface area (Å²) in [5.74, 6) is -0.0228. The van der Waals surface area contributed by atoms with Crippen molar-refractivity contribution < 1.29 is 15.0 Å². The maximum absolute atomic E-state index is 12.5. The van der Waals surface area contributed by atoms with Gasteiger partial charge in [-0.3, -0.25) is 4.79 Å². The second-order valence-corrected chi connectivity index (χ2v) is 19.7. The van der Waals surface area contributed by atoms with E-state index >= 15 is 0 Å². The fourth-order valence-electron chi connectivity index (χ4n) is 9.31. The average Bonchev–Trinajstić information content (AvgIpc) is 3.25. The number of nitrogens with one attached hydrogen (secondary N) is 1. The number of carbonyl (C=O) groups is 1. The summed E-state index contributed by atoms with van der Waals surface area (Å²) in [6.45, 7) is 4.40. The number of hydrogen-bond donors (Lipinski definition) is 3. The van der Waals surface area contributed by atoms with Crippen molar-refractivity contribution in [1.82, 2.24) is 5.32 Å². The monoisotopic (exact) mass is 848 g/mol. The van der Waals surface area contributed by atoms with Gasteiger partial charge in [-0.2, -0.15) is 0 Å². The Morgan fingerprint density at radius 1 is 0.333 bits per heavy atom. The van der Waals surface area contributed by atoms with E-state index in [1.165, 1.54) is 283 Å². The summed E-state index contributed by atoms with van der Waals surface area (Å²) in [6, 6.07) is -0.530. The smallest absolute Gasteiger partial charge is 0.220 e. The van der Waals surface area contributed by atoms with E-state index in [0.717, 1.165) is 25.7 Å². The molecule has 0 heterocycles. The number of amides is 1. The largest absolute Gasteiger partial charge is 0.394 e. The molecule has 0 fully saturated rings. The Balaban J connectivity index is 3.35. The van der Waals surface area contributed by atoms with Gasteiger partial charge in [-0.15, -0.1) is 0 Å². The van der Waals surface area contributed by atoms with Gasteiger partial charge in [0.25, 0.3) is 0 Å². The molecule has 0 saturated heterocycles. The molecular formula is C56H113NO3. The van der Waals surface area contributed by atoms with E-state index in [1.807, 2.05) is 0 Å². The van der Waals surface area contributed by atoms with Crippen molar-refractivity contribution in [3.63, 3.8) is 0 Å². The van der Waals surface area contributed by atoms with E-state index in [4.69, 9.17) is 0 Å². The Morgan fingerprint density at radius 3 is 0.750 bits per heavy atom. The summed E-state index contributed by atoms with van der Waals surface area (Å²) < 4.78 is 0. The van der Waals surface area contributed by atoms with Crippen molar-refractivity contribution in [2.24, 2.45) is 0 Å². The fraction of sp³-hybridized carbons (Fsp3) is 0.982. The third-order valence-corrected chi connectivity index (χ3v) is 13.6. The predicted molar refractivity (Wildman–Crippen MR) is 267 cm³/mol. The lowest BCUT2D eigenvalue weighted by atomic mass is 10.0. The van der Waals surface area contributed by atoms with Crippen LogP contribution in [0.5, 0.6) is 0 Å². The van der Waals surface area contributed by atoms with Crippen LogP contribution < -0.4 is 5.32 Å². The zero-order valence-electron chi connectivity index (χ0n) is 41.5. The van der Waals surface area contributed by atoms with Crippen LogP contribution in [0.25, 0.3) is 0 Å². The van der Waals surface area contributed by atoms with E-state index in [0.29, 0.717) is 12.8 Å². The molecule has 0 saturated carbocycles. The molecule has 0 aliphatic heterocycles. The van der Waals surface area contributed by atoms with Crippen LogP contribution in [-0.2, 0) is 4.79 Å². The minimum Gasteiger partial charge on any atom is -0.394 e. The number of aliphatic hydroxyl groups excluding tert-OH is 2. The molecular weight excluding hydrogens is 735 g/mol. The Hall–Kier alpha value is -0.610. The van der Waals surface area contributed by atoms with Gasteiger partial charge in [0, 0.05) is 6.42 Å². The molecule has 4 nitrogen and oxygen atoms in total. The maximum Gasteiger partial charge on any atom is 0.220 e.